The fourth-order valence-corrected chi connectivity index (χ4v) is 1.36. The molecule has 0 amide bonds. The number of H-pyrrole nitrogens is 1. The number of nitrogens with zero attached hydrogens (tertiary/aromatic N) is 2. The molecule has 0 fully saturated rings. The molecule has 1 heterocycles. The molecule has 5 heteroatoms. The van der Waals surface area contributed by atoms with E-state index in [4.69, 9.17) is 11.6 Å². The minimum absolute atomic E-state index is 0.0789. The van der Waals surface area contributed by atoms with E-state index in [2.05, 4.69) is 30.7 Å². The lowest BCUT2D eigenvalue weighted by atomic mass is 10.0. The summed E-state index contributed by atoms with van der Waals surface area (Å²) in [6.07, 6.45) is 2.31. The van der Waals surface area contributed by atoms with Gasteiger partial charge in [0.05, 0.1) is 6.33 Å². The highest BCUT2D eigenvalue weighted by Gasteiger charge is 2.24. The molecule has 0 saturated carbocycles. The molecule has 0 aliphatic rings. The molecule has 0 bridgehead atoms. The van der Waals surface area contributed by atoms with Crippen LogP contribution in [0.15, 0.2) is 11.1 Å². The Kier molecular flexibility index (Phi) is 3.39. The number of rotatable bonds is 3. The molecule has 0 atom stereocenters. The van der Waals surface area contributed by atoms with Gasteiger partial charge in [-0.2, -0.15) is 0 Å². The summed E-state index contributed by atoms with van der Waals surface area (Å²) in [5.74, 6) is 0.521. The minimum Gasteiger partial charge on any atom is -0.353 e. The van der Waals surface area contributed by atoms with E-state index in [1.54, 1.807) is 0 Å². The Morgan fingerprint density at radius 2 is 2.20 bits per heavy atom. The molecule has 15 heavy (non-hydrogen) atoms. The second-order valence-electron chi connectivity index (χ2n) is 4.09. The molecule has 0 spiro atoms. The molecule has 0 unspecified atom stereocenters. The summed E-state index contributed by atoms with van der Waals surface area (Å²) in [6.45, 7) is 6.23. The van der Waals surface area contributed by atoms with Crippen LogP contribution in [0, 0.1) is 0 Å². The van der Waals surface area contributed by atoms with E-state index in [0.29, 0.717) is 5.82 Å². The highest BCUT2D eigenvalue weighted by atomic mass is 35.5. The second kappa shape index (κ2) is 4.23. The first kappa shape index (κ1) is 12.0. The first-order valence-electron chi connectivity index (χ1n) is 4.87. The highest BCUT2D eigenvalue weighted by molar-refractivity contribution is 6.32. The van der Waals surface area contributed by atoms with Gasteiger partial charge in [0.1, 0.15) is 5.02 Å². The van der Waals surface area contributed by atoms with Gasteiger partial charge in [-0.05, 0) is 20.3 Å². The Bertz CT molecular complexity index is 400. The van der Waals surface area contributed by atoms with Crippen LogP contribution in [0.4, 0.5) is 5.82 Å². The van der Waals surface area contributed by atoms with E-state index in [9.17, 15) is 4.79 Å². The van der Waals surface area contributed by atoms with Crippen molar-refractivity contribution >= 4 is 17.4 Å². The molecular formula is C10H16ClN3O. The lowest BCUT2D eigenvalue weighted by Crippen LogP contribution is -2.41. The third-order valence-electron chi connectivity index (χ3n) is 2.87. The molecule has 0 radical (unpaired) electrons. The molecule has 0 aliphatic heterocycles. The van der Waals surface area contributed by atoms with Crippen molar-refractivity contribution in [3.8, 4) is 0 Å². The van der Waals surface area contributed by atoms with E-state index in [0.717, 1.165) is 6.42 Å². The summed E-state index contributed by atoms with van der Waals surface area (Å²) in [5, 5.41) is 0.140. The summed E-state index contributed by atoms with van der Waals surface area (Å²) < 4.78 is 0. The Hall–Kier alpha value is -1.03. The Labute approximate surface area is 94.3 Å². The monoisotopic (exact) mass is 229 g/mol. The second-order valence-corrected chi connectivity index (χ2v) is 4.47. The van der Waals surface area contributed by atoms with Crippen molar-refractivity contribution in [3.63, 3.8) is 0 Å². The minimum atomic E-state index is -0.305. The largest absolute Gasteiger partial charge is 0.353 e. The fraction of sp³-hybridized carbons (Fsp3) is 0.600. The van der Waals surface area contributed by atoms with Gasteiger partial charge in [0.25, 0.3) is 5.56 Å². The highest BCUT2D eigenvalue weighted by Crippen LogP contribution is 2.26. The third kappa shape index (κ3) is 2.31. The van der Waals surface area contributed by atoms with Crippen LogP contribution in [0.1, 0.15) is 27.2 Å². The normalized spacial score (nSPS) is 11.5. The van der Waals surface area contributed by atoms with Crippen molar-refractivity contribution in [1.82, 2.24) is 9.97 Å². The molecule has 84 valence electrons. The molecule has 1 aromatic heterocycles. The molecular weight excluding hydrogens is 214 g/mol. The number of hydrogen-bond acceptors (Lipinski definition) is 3. The summed E-state index contributed by atoms with van der Waals surface area (Å²) >= 11 is 5.90. The lowest BCUT2D eigenvalue weighted by Gasteiger charge is -2.35. The van der Waals surface area contributed by atoms with Gasteiger partial charge >= 0.3 is 0 Å². The van der Waals surface area contributed by atoms with Crippen molar-refractivity contribution in [3.05, 3.63) is 21.7 Å². The summed E-state index contributed by atoms with van der Waals surface area (Å²) in [4.78, 5) is 19.8. The van der Waals surface area contributed by atoms with Gasteiger partial charge in [0.15, 0.2) is 5.82 Å². The quantitative estimate of drug-likeness (QED) is 0.863. The van der Waals surface area contributed by atoms with E-state index in [1.165, 1.54) is 6.33 Å². The van der Waals surface area contributed by atoms with Crippen LogP contribution in [-0.4, -0.2) is 22.6 Å². The fourth-order valence-electron chi connectivity index (χ4n) is 1.13. The Balaban J connectivity index is 3.17. The topological polar surface area (TPSA) is 49.0 Å². The maximum absolute atomic E-state index is 11.3. The molecule has 0 saturated heterocycles. The first-order valence-corrected chi connectivity index (χ1v) is 5.25. The summed E-state index contributed by atoms with van der Waals surface area (Å²) in [5.41, 5.74) is -0.384. The molecule has 1 aromatic rings. The van der Waals surface area contributed by atoms with Crippen molar-refractivity contribution in [2.45, 2.75) is 32.7 Å². The maximum Gasteiger partial charge on any atom is 0.271 e. The zero-order valence-corrected chi connectivity index (χ0v) is 10.2. The van der Waals surface area contributed by atoms with Gasteiger partial charge in [0, 0.05) is 12.6 Å². The molecule has 0 aliphatic carbocycles. The van der Waals surface area contributed by atoms with Crippen LogP contribution in [-0.2, 0) is 0 Å². The van der Waals surface area contributed by atoms with Crippen molar-refractivity contribution in [2.75, 3.05) is 11.9 Å². The van der Waals surface area contributed by atoms with Gasteiger partial charge < -0.3 is 9.88 Å². The van der Waals surface area contributed by atoms with E-state index < -0.39 is 0 Å². The molecule has 0 aromatic carbocycles. The number of aromatic nitrogens is 2. The average molecular weight is 230 g/mol. The van der Waals surface area contributed by atoms with Crippen LogP contribution in [0.25, 0.3) is 0 Å². The van der Waals surface area contributed by atoms with E-state index in [1.807, 2.05) is 11.9 Å². The lowest BCUT2D eigenvalue weighted by molar-refractivity contribution is 0.467. The predicted octanol–water partition coefficient (Wildman–Crippen LogP) is 2.05. The van der Waals surface area contributed by atoms with Gasteiger partial charge in [-0.3, -0.25) is 4.79 Å². The van der Waals surface area contributed by atoms with Gasteiger partial charge in [-0.15, -0.1) is 0 Å². The molecule has 1 rings (SSSR count). The van der Waals surface area contributed by atoms with Crippen molar-refractivity contribution < 1.29 is 0 Å². The first-order chi connectivity index (χ1) is 6.90. The number of aromatic amines is 1. The Morgan fingerprint density at radius 1 is 1.60 bits per heavy atom. The number of nitrogens with one attached hydrogen (secondary N) is 1. The van der Waals surface area contributed by atoms with Crippen LogP contribution in [0.2, 0.25) is 5.02 Å². The third-order valence-corrected chi connectivity index (χ3v) is 3.21. The van der Waals surface area contributed by atoms with Crippen LogP contribution < -0.4 is 10.5 Å². The van der Waals surface area contributed by atoms with Crippen molar-refractivity contribution in [2.24, 2.45) is 0 Å². The number of hydrogen-bond donors (Lipinski definition) is 1. The average Bonchev–Trinajstić information content (AvgIpc) is 2.21. The van der Waals surface area contributed by atoms with Gasteiger partial charge in [-0.25, -0.2) is 4.98 Å². The maximum atomic E-state index is 11.3. The molecule has 4 nitrogen and oxygen atoms in total. The smallest absolute Gasteiger partial charge is 0.271 e. The predicted molar refractivity (Wildman–Crippen MR) is 62.6 cm³/mol. The van der Waals surface area contributed by atoms with E-state index in [-0.39, 0.29) is 16.1 Å². The summed E-state index contributed by atoms with van der Waals surface area (Å²) in [6, 6.07) is 0. The Morgan fingerprint density at radius 3 is 2.73 bits per heavy atom. The zero-order chi connectivity index (χ0) is 11.6. The van der Waals surface area contributed by atoms with Gasteiger partial charge in [0.2, 0.25) is 0 Å². The SMILES string of the molecule is CCC(C)(C)N(C)c1nc[nH]c(=O)c1Cl. The van der Waals surface area contributed by atoms with Crippen LogP contribution in [0.3, 0.4) is 0 Å². The number of anilines is 1. The van der Waals surface area contributed by atoms with Crippen LogP contribution in [0.5, 0.6) is 0 Å². The van der Waals surface area contributed by atoms with Gasteiger partial charge in [-0.1, -0.05) is 18.5 Å². The molecule has 1 N–H and O–H groups in total. The standard InChI is InChI=1S/C10H16ClN3O/c1-5-10(2,3)14(4)8-7(11)9(15)13-6-12-8/h6H,5H2,1-4H3,(H,12,13,15). The van der Waals surface area contributed by atoms with Crippen molar-refractivity contribution in [1.29, 1.82) is 0 Å². The number of halogens is 1. The summed E-state index contributed by atoms with van der Waals surface area (Å²) in [7, 11) is 1.89. The zero-order valence-electron chi connectivity index (χ0n) is 9.47. The van der Waals surface area contributed by atoms with E-state index >= 15 is 0 Å². The van der Waals surface area contributed by atoms with Crippen LogP contribution >= 0.6 is 11.6 Å².